The Morgan fingerprint density at radius 2 is 1.74 bits per heavy atom. The fourth-order valence-electron chi connectivity index (χ4n) is 2.46. The zero-order chi connectivity index (χ0) is 13.7. The monoisotopic (exact) mass is 282 g/mol. The highest BCUT2D eigenvalue weighted by Gasteiger charge is 2.19. The quantitative estimate of drug-likeness (QED) is 0.899. The van der Waals surface area contributed by atoms with E-state index in [-0.39, 0.29) is 0 Å². The highest BCUT2D eigenvalue weighted by atomic mass is 32.2. The molecule has 0 spiro atoms. The van der Waals surface area contributed by atoms with Gasteiger partial charge in [0.25, 0.3) is 0 Å². The van der Waals surface area contributed by atoms with Gasteiger partial charge in [0.05, 0.1) is 20.3 Å². The number of aliphatic hydroxyl groups excluding tert-OH is 1. The molecule has 1 N–H and O–H groups in total. The second-order valence-corrected chi connectivity index (χ2v) is 6.18. The number of ether oxygens (including phenoxy) is 2. The first kappa shape index (κ1) is 14.5. The van der Waals surface area contributed by atoms with E-state index in [1.54, 1.807) is 14.2 Å². The van der Waals surface area contributed by atoms with Gasteiger partial charge in [0.15, 0.2) is 0 Å². The van der Waals surface area contributed by atoms with Crippen molar-refractivity contribution in [2.24, 2.45) is 5.92 Å². The summed E-state index contributed by atoms with van der Waals surface area (Å²) in [5.41, 5.74) is 0.884. The Hall–Kier alpha value is -0.870. The average Bonchev–Trinajstić information content (AvgIpc) is 2.47. The first-order chi connectivity index (χ1) is 9.22. The third-order valence-corrected chi connectivity index (χ3v) is 4.70. The SMILES string of the molecule is COc1cc(OC)cc(C(O)CC2CCSCC2)c1. The molecule has 1 fully saturated rings. The Labute approximate surface area is 119 Å². The highest BCUT2D eigenvalue weighted by molar-refractivity contribution is 7.99. The molecule has 0 radical (unpaired) electrons. The minimum absolute atomic E-state index is 0.433. The summed E-state index contributed by atoms with van der Waals surface area (Å²) in [5, 5.41) is 10.4. The second-order valence-electron chi connectivity index (χ2n) is 4.95. The zero-order valence-corrected chi connectivity index (χ0v) is 12.4. The fourth-order valence-corrected chi connectivity index (χ4v) is 3.66. The number of hydrogen-bond donors (Lipinski definition) is 1. The van der Waals surface area contributed by atoms with Crippen LogP contribution in [0.3, 0.4) is 0 Å². The van der Waals surface area contributed by atoms with E-state index in [9.17, 15) is 5.11 Å². The molecule has 1 aromatic carbocycles. The molecule has 1 aromatic rings. The summed E-state index contributed by atoms with van der Waals surface area (Å²) in [5.74, 6) is 4.53. The number of thioether (sulfide) groups is 1. The van der Waals surface area contributed by atoms with E-state index in [1.807, 2.05) is 30.0 Å². The van der Waals surface area contributed by atoms with E-state index < -0.39 is 6.10 Å². The fraction of sp³-hybridized carbons (Fsp3) is 0.600. The first-order valence-electron chi connectivity index (χ1n) is 6.71. The predicted molar refractivity (Wildman–Crippen MR) is 79.2 cm³/mol. The van der Waals surface area contributed by atoms with E-state index in [1.165, 1.54) is 24.3 Å². The van der Waals surface area contributed by atoms with Gasteiger partial charge in [-0.25, -0.2) is 0 Å². The molecule has 0 aliphatic carbocycles. The molecule has 0 amide bonds. The van der Waals surface area contributed by atoms with Crippen molar-refractivity contribution in [3.8, 4) is 11.5 Å². The Balaban J connectivity index is 2.06. The van der Waals surface area contributed by atoms with Gasteiger partial charge < -0.3 is 14.6 Å². The minimum atomic E-state index is -0.433. The molecular weight excluding hydrogens is 260 g/mol. The lowest BCUT2D eigenvalue weighted by Gasteiger charge is -2.24. The van der Waals surface area contributed by atoms with E-state index in [2.05, 4.69) is 0 Å². The highest BCUT2D eigenvalue weighted by Crippen LogP contribution is 2.33. The molecule has 2 rings (SSSR count). The molecule has 1 atom stereocenters. The molecule has 1 unspecified atom stereocenters. The maximum atomic E-state index is 10.4. The van der Waals surface area contributed by atoms with Crippen LogP contribution in [-0.4, -0.2) is 30.8 Å². The van der Waals surface area contributed by atoms with Gasteiger partial charge in [-0.05, 0) is 54.4 Å². The van der Waals surface area contributed by atoms with Crippen molar-refractivity contribution in [2.75, 3.05) is 25.7 Å². The largest absolute Gasteiger partial charge is 0.497 e. The molecule has 1 saturated heterocycles. The molecular formula is C15H22O3S. The maximum absolute atomic E-state index is 10.4. The van der Waals surface area contributed by atoms with E-state index in [0.29, 0.717) is 5.92 Å². The maximum Gasteiger partial charge on any atom is 0.122 e. The van der Waals surface area contributed by atoms with Crippen molar-refractivity contribution in [1.29, 1.82) is 0 Å². The van der Waals surface area contributed by atoms with Crippen molar-refractivity contribution < 1.29 is 14.6 Å². The summed E-state index contributed by atoms with van der Waals surface area (Å²) < 4.78 is 10.5. The van der Waals surface area contributed by atoms with Crippen molar-refractivity contribution in [3.05, 3.63) is 23.8 Å². The Morgan fingerprint density at radius 3 is 2.26 bits per heavy atom. The third kappa shape index (κ3) is 4.05. The number of aliphatic hydroxyl groups is 1. The summed E-state index contributed by atoms with van der Waals surface area (Å²) >= 11 is 2.01. The zero-order valence-electron chi connectivity index (χ0n) is 11.6. The predicted octanol–water partition coefficient (Wildman–Crippen LogP) is 3.27. The van der Waals surface area contributed by atoms with Crippen LogP contribution in [0.2, 0.25) is 0 Å². The number of benzene rings is 1. The van der Waals surface area contributed by atoms with Gasteiger partial charge in [0.2, 0.25) is 0 Å². The van der Waals surface area contributed by atoms with Gasteiger partial charge in [-0.15, -0.1) is 0 Å². The molecule has 4 heteroatoms. The Kier molecular flexibility index (Phi) is 5.40. The van der Waals surface area contributed by atoms with Gasteiger partial charge in [-0.2, -0.15) is 11.8 Å². The molecule has 0 saturated carbocycles. The summed E-state index contributed by atoms with van der Waals surface area (Å²) in [6, 6.07) is 5.61. The van der Waals surface area contributed by atoms with Crippen LogP contribution in [0.15, 0.2) is 18.2 Å². The van der Waals surface area contributed by atoms with Crippen molar-refractivity contribution >= 4 is 11.8 Å². The third-order valence-electron chi connectivity index (χ3n) is 3.66. The van der Waals surface area contributed by atoms with Crippen molar-refractivity contribution in [3.63, 3.8) is 0 Å². The first-order valence-corrected chi connectivity index (χ1v) is 7.87. The van der Waals surface area contributed by atoms with Gasteiger partial charge in [-0.1, -0.05) is 0 Å². The number of rotatable bonds is 5. The molecule has 1 heterocycles. The van der Waals surface area contributed by atoms with Crippen LogP contribution in [0.1, 0.15) is 30.9 Å². The molecule has 106 valence electrons. The van der Waals surface area contributed by atoms with Crippen LogP contribution in [0.25, 0.3) is 0 Å². The lowest BCUT2D eigenvalue weighted by Crippen LogP contribution is -2.13. The van der Waals surface area contributed by atoms with Gasteiger partial charge >= 0.3 is 0 Å². The Bertz CT molecular complexity index is 380. The molecule has 3 nitrogen and oxygen atoms in total. The Morgan fingerprint density at radius 1 is 1.16 bits per heavy atom. The molecule has 1 aliphatic heterocycles. The molecule has 0 bridgehead atoms. The summed E-state index contributed by atoms with van der Waals surface area (Å²) in [6.45, 7) is 0. The topological polar surface area (TPSA) is 38.7 Å². The van der Waals surface area contributed by atoms with E-state index in [0.717, 1.165) is 23.5 Å². The smallest absolute Gasteiger partial charge is 0.122 e. The van der Waals surface area contributed by atoms with Crippen LogP contribution in [0.4, 0.5) is 0 Å². The summed E-state index contributed by atoms with van der Waals surface area (Å²) in [6.07, 6.45) is 2.82. The number of hydrogen-bond acceptors (Lipinski definition) is 4. The van der Waals surface area contributed by atoms with Crippen LogP contribution in [0.5, 0.6) is 11.5 Å². The van der Waals surface area contributed by atoms with Crippen LogP contribution in [-0.2, 0) is 0 Å². The van der Waals surface area contributed by atoms with Crippen molar-refractivity contribution in [1.82, 2.24) is 0 Å². The summed E-state index contributed by atoms with van der Waals surface area (Å²) in [4.78, 5) is 0. The van der Waals surface area contributed by atoms with Crippen LogP contribution in [0, 0.1) is 5.92 Å². The van der Waals surface area contributed by atoms with E-state index in [4.69, 9.17) is 9.47 Å². The molecule has 1 aliphatic rings. The van der Waals surface area contributed by atoms with Gasteiger partial charge in [0.1, 0.15) is 11.5 Å². The average molecular weight is 282 g/mol. The minimum Gasteiger partial charge on any atom is -0.497 e. The normalized spacial score (nSPS) is 18.1. The van der Waals surface area contributed by atoms with Crippen LogP contribution >= 0.6 is 11.8 Å². The lowest BCUT2D eigenvalue weighted by atomic mass is 9.92. The second kappa shape index (κ2) is 7.06. The molecule has 0 aromatic heterocycles. The molecule has 19 heavy (non-hydrogen) atoms. The summed E-state index contributed by atoms with van der Waals surface area (Å²) in [7, 11) is 3.26. The van der Waals surface area contributed by atoms with Crippen molar-refractivity contribution in [2.45, 2.75) is 25.4 Å². The van der Waals surface area contributed by atoms with Crippen LogP contribution < -0.4 is 9.47 Å². The van der Waals surface area contributed by atoms with Gasteiger partial charge in [0, 0.05) is 6.07 Å². The number of methoxy groups -OCH3 is 2. The van der Waals surface area contributed by atoms with Gasteiger partial charge in [-0.3, -0.25) is 0 Å². The van der Waals surface area contributed by atoms with E-state index >= 15 is 0 Å². The standard InChI is InChI=1S/C15H22O3S/c1-17-13-8-12(9-14(10-13)18-2)15(16)7-11-3-5-19-6-4-11/h8-11,15-16H,3-7H2,1-2H3. The lowest BCUT2D eigenvalue weighted by molar-refractivity contribution is 0.140.